The largest absolute Gasteiger partial charge is 0.378 e. The monoisotopic (exact) mass is 172 g/mol. The van der Waals surface area contributed by atoms with Crippen LogP contribution in [0.25, 0.3) is 0 Å². The van der Waals surface area contributed by atoms with Crippen molar-refractivity contribution in [1.29, 1.82) is 0 Å². The van der Waals surface area contributed by atoms with Gasteiger partial charge in [-0.05, 0) is 13.0 Å². The molecule has 72 valence electrons. The zero-order chi connectivity index (χ0) is 8.81. The SMILES string of the molecule is CCCCN1CCOCC1CN. The number of ether oxygens (including phenoxy) is 1. The molecule has 0 radical (unpaired) electrons. The highest BCUT2D eigenvalue weighted by molar-refractivity contribution is 4.75. The quantitative estimate of drug-likeness (QED) is 0.669. The predicted molar refractivity (Wildman–Crippen MR) is 50.1 cm³/mol. The first-order valence-corrected chi connectivity index (χ1v) is 4.90. The summed E-state index contributed by atoms with van der Waals surface area (Å²) in [5, 5.41) is 0. The van der Waals surface area contributed by atoms with Gasteiger partial charge in [-0.1, -0.05) is 13.3 Å². The molecule has 0 saturated carbocycles. The van der Waals surface area contributed by atoms with E-state index in [1.165, 1.54) is 19.4 Å². The van der Waals surface area contributed by atoms with E-state index in [4.69, 9.17) is 10.5 Å². The van der Waals surface area contributed by atoms with Gasteiger partial charge in [-0.3, -0.25) is 4.90 Å². The zero-order valence-corrected chi connectivity index (χ0v) is 7.96. The Balaban J connectivity index is 2.26. The van der Waals surface area contributed by atoms with Crippen LogP contribution < -0.4 is 5.73 Å². The van der Waals surface area contributed by atoms with Gasteiger partial charge in [-0.15, -0.1) is 0 Å². The van der Waals surface area contributed by atoms with E-state index < -0.39 is 0 Å². The standard InChI is InChI=1S/C9H20N2O/c1-2-3-4-11-5-6-12-8-9(11)7-10/h9H,2-8,10H2,1H3. The first-order chi connectivity index (χ1) is 5.88. The van der Waals surface area contributed by atoms with E-state index in [1.54, 1.807) is 0 Å². The second kappa shape index (κ2) is 5.51. The minimum absolute atomic E-state index is 0.463. The summed E-state index contributed by atoms with van der Waals surface area (Å²) in [7, 11) is 0. The maximum atomic E-state index is 5.64. The summed E-state index contributed by atoms with van der Waals surface area (Å²) in [6, 6.07) is 0.463. The van der Waals surface area contributed by atoms with Gasteiger partial charge in [0.25, 0.3) is 0 Å². The van der Waals surface area contributed by atoms with E-state index in [0.29, 0.717) is 6.04 Å². The highest BCUT2D eigenvalue weighted by Crippen LogP contribution is 2.06. The minimum Gasteiger partial charge on any atom is -0.378 e. The molecule has 0 aliphatic carbocycles. The lowest BCUT2D eigenvalue weighted by molar-refractivity contribution is -0.00426. The van der Waals surface area contributed by atoms with Crippen molar-refractivity contribution in [2.24, 2.45) is 5.73 Å². The van der Waals surface area contributed by atoms with E-state index in [1.807, 2.05) is 0 Å². The molecule has 1 rings (SSSR count). The third kappa shape index (κ3) is 2.73. The van der Waals surface area contributed by atoms with Crippen LogP contribution in [0.3, 0.4) is 0 Å². The molecule has 12 heavy (non-hydrogen) atoms. The summed E-state index contributed by atoms with van der Waals surface area (Å²) in [6.45, 7) is 6.88. The fourth-order valence-corrected chi connectivity index (χ4v) is 1.56. The van der Waals surface area contributed by atoms with Crippen molar-refractivity contribution >= 4 is 0 Å². The van der Waals surface area contributed by atoms with Crippen molar-refractivity contribution in [2.75, 3.05) is 32.8 Å². The van der Waals surface area contributed by atoms with E-state index in [2.05, 4.69) is 11.8 Å². The molecule has 3 nitrogen and oxygen atoms in total. The highest BCUT2D eigenvalue weighted by atomic mass is 16.5. The Morgan fingerprint density at radius 2 is 2.42 bits per heavy atom. The molecule has 0 aromatic rings. The van der Waals surface area contributed by atoms with Gasteiger partial charge in [-0.25, -0.2) is 0 Å². The van der Waals surface area contributed by atoms with Crippen molar-refractivity contribution in [2.45, 2.75) is 25.8 Å². The van der Waals surface area contributed by atoms with Crippen LogP contribution in [0, 0.1) is 0 Å². The minimum atomic E-state index is 0.463. The molecule has 1 atom stereocenters. The Bertz CT molecular complexity index is 119. The van der Waals surface area contributed by atoms with Gasteiger partial charge >= 0.3 is 0 Å². The Morgan fingerprint density at radius 1 is 1.58 bits per heavy atom. The number of nitrogens with two attached hydrogens (primary N) is 1. The van der Waals surface area contributed by atoms with Crippen LogP contribution >= 0.6 is 0 Å². The lowest BCUT2D eigenvalue weighted by Gasteiger charge is -2.34. The fourth-order valence-electron chi connectivity index (χ4n) is 1.56. The Morgan fingerprint density at radius 3 is 3.08 bits per heavy atom. The van der Waals surface area contributed by atoms with Crippen LogP contribution in [0.15, 0.2) is 0 Å². The summed E-state index contributed by atoms with van der Waals surface area (Å²) in [5.41, 5.74) is 5.64. The first kappa shape index (κ1) is 9.96. The molecule has 1 aliphatic rings. The molecule has 1 fully saturated rings. The first-order valence-electron chi connectivity index (χ1n) is 4.90. The molecule has 0 amide bonds. The highest BCUT2D eigenvalue weighted by Gasteiger charge is 2.20. The van der Waals surface area contributed by atoms with Crippen LogP contribution in [0.1, 0.15) is 19.8 Å². The van der Waals surface area contributed by atoms with Crippen molar-refractivity contribution in [3.05, 3.63) is 0 Å². The van der Waals surface area contributed by atoms with Crippen LogP contribution in [0.2, 0.25) is 0 Å². The Kier molecular flexibility index (Phi) is 4.58. The molecular weight excluding hydrogens is 152 g/mol. The number of hydrogen-bond acceptors (Lipinski definition) is 3. The van der Waals surface area contributed by atoms with Crippen molar-refractivity contribution in [3.63, 3.8) is 0 Å². The van der Waals surface area contributed by atoms with Crippen LogP contribution in [-0.4, -0.2) is 43.8 Å². The average molecular weight is 172 g/mol. The summed E-state index contributed by atoms with van der Waals surface area (Å²) < 4.78 is 5.36. The number of rotatable bonds is 4. The smallest absolute Gasteiger partial charge is 0.0634 e. The maximum Gasteiger partial charge on any atom is 0.0634 e. The molecule has 1 heterocycles. The topological polar surface area (TPSA) is 38.5 Å². The molecule has 2 N–H and O–H groups in total. The van der Waals surface area contributed by atoms with Gasteiger partial charge in [0.15, 0.2) is 0 Å². The van der Waals surface area contributed by atoms with Crippen LogP contribution in [-0.2, 0) is 4.74 Å². The van der Waals surface area contributed by atoms with E-state index in [9.17, 15) is 0 Å². The van der Waals surface area contributed by atoms with Crippen molar-refractivity contribution < 1.29 is 4.74 Å². The zero-order valence-electron chi connectivity index (χ0n) is 7.96. The second-order valence-electron chi connectivity index (χ2n) is 3.35. The van der Waals surface area contributed by atoms with Gasteiger partial charge < -0.3 is 10.5 Å². The molecule has 0 aromatic carbocycles. The summed E-state index contributed by atoms with van der Waals surface area (Å²) >= 11 is 0. The molecular formula is C9H20N2O. The molecule has 3 heteroatoms. The van der Waals surface area contributed by atoms with Crippen molar-refractivity contribution in [1.82, 2.24) is 4.90 Å². The van der Waals surface area contributed by atoms with E-state index in [0.717, 1.165) is 26.3 Å². The molecule has 1 saturated heterocycles. The predicted octanol–water partition coefficient (Wildman–Crippen LogP) is 0.446. The third-order valence-electron chi connectivity index (χ3n) is 2.42. The third-order valence-corrected chi connectivity index (χ3v) is 2.42. The van der Waals surface area contributed by atoms with Gasteiger partial charge in [0.05, 0.1) is 13.2 Å². The van der Waals surface area contributed by atoms with Gasteiger partial charge in [0.1, 0.15) is 0 Å². The molecule has 0 aromatic heterocycles. The lowest BCUT2D eigenvalue weighted by atomic mass is 10.2. The second-order valence-corrected chi connectivity index (χ2v) is 3.35. The summed E-state index contributed by atoms with van der Waals surface area (Å²) in [5.74, 6) is 0. The molecule has 1 aliphatic heterocycles. The van der Waals surface area contributed by atoms with Crippen LogP contribution in [0.4, 0.5) is 0 Å². The number of unbranched alkanes of at least 4 members (excludes halogenated alkanes) is 1. The molecule has 0 spiro atoms. The van der Waals surface area contributed by atoms with E-state index >= 15 is 0 Å². The summed E-state index contributed by atoms with van der Waals surface area (Å²) in [4.78, 5) is 2.45. The fraction of sp³-hybridized carbons (Fsp3) is 1.00. The Labute approximate surface area is 74.9 Å². The normalized spacial score (nSPS) is 26.0. The number of nitrogens with zero attached hydrogens (tertiary/aromatic N) is 1. The van der Waals surface area contributed by atoms with E-state index in [-0.39, 0.29) is 0 Å². The lowest BCUT2D eigenvalue weighted by Crippen LogP contribution is -2.49. The van der Waals surface area contributed by atoms with Crippen LogP contribution in [0.5, 0.6) is 0 Å². The molecule has 0 bridgehead atoms. The Hall–Kier alpha value is -0.120. The van der Waals surface area contributed by atoms with Gasteiger partial charge in [-0.2, -0.15) is 0 Å². The maximum absolute atomic E-state index is 5.64. The van der Waals surface area contributed by atoms with Gasteiger partial charge in [0, 0.05) is 19.1 Å². The van der Waals surface area contributed by atoms with Crippen molar-refractivity contribution in [3.8, 4) is 0 Å². The summed E-state index contributed by atoms with van der Waals surface area (Å²) in [6.07, 6.45) is 2.53. The number of hydrogen-bond donors (Lipinski definition) is 1. The van der Waals surface area contributed by atoms with Gasteiger partial charge in [0.2, 0.25) is 0 Å². The average Bonchev–Trinajstić information content (AvgIpc) is 2.15. The molecule has 1 unspecified atom stereocenters. The number of morpholine rings is 1.